The molecule has 112 valence electrons. The monoisotopic (exact) mass is 297 g/mol. The van der Waals surface area contributed by atoms with Crippen molar-refractivity contribution in [3.8, 4) is 0 Å². The van der Waals surface area contributed by atoms with E-state index in [9.17, 15) is 4.79 Å². The molecule has 0 amide bonds. The molecule has 1 saturated carbocycles. The van der Waals surface area contributed by atoms with Crippen LogP contribution in [0.15, 0.2) is 17.6 Å². The van der Waals surface area contributed by atoms with Crippen LogP contribution >= 0.6 is 11.8 Å². The second-order valence-electron chi connectivity index (χ2n) is 5.08. The van der Waals surface area contributed by atoms with Gasteiger partial charge in [-0.25, -0.2) is 4.98 Å². The lowest BCUT2D eigenvalue weighted by atomic mass is 9.95. The highest BCUT2D eigenvalue weighted by Gasteiger charge is 2.51. The van der Waals surface area contributed by atoms with Gasteiger partial charge in [0.2, 0.25) is 0 Å². The zero-order chi connectivity index (χ0) is 14.4. The second kappa shape index (κ2) is 7.13. The Morgan fingerprint density at radius 1 is 1.60 bits per heavy atom. The lowest BCUT2D eigenvalue weighted by molar-refractivity contribution is -0.151. The minimum Gasteiger partial charge on any atom is -0.465 e. The molecule has 1 unspecified atom stereocenters. The average molecular weight is 297 g/mol. The smallest absolute Gasteiger partial charge is 0.327 e. The summed E-state index contributed by atoms with van der Waals surface area (Å²) < 4.78 is 5.33. The number of carbonyl (C=O) groups excluding carboxylic acids is 1. The van der Waals surface area contributed by atoms with Gasteiger partial charge in [-0.15, -0.1) is 0 Å². The highest BCUT2D eigenvalue weighted by atomic mass is 32.2. The third-order valence-corrected chi connectivity index (χ3v) is 4.61. The maximum atomic E-state index is 12.5. The molecule has 20 heavy (non-hydrogen) atoms. The number of H-pyrrole nitrogens is 1. The molecule has 1 aliphatic rings. The van der Waals surface area contributed by atoms with Gasteiger partial charge < -0.3 is 15.0 Å². The standard InChI is InChI=1S/C14H23N3O2S/c1-3-7-17-14(11-5-6-11,12(18)19-4-2)10-20-13-15-8-9-16-13/h8-9,11,17H,3-7,10H2,1-2H3,(H,15,16). The minimum atomic E-state index is -0.566. The molecular weight excluding hydrogens is 274 g/mol. The summed E-state index contributed by atoms with van der Waals surface area (Å²) in [5, 5.41) is 4.30. The maximum absolute atomic E-state index is 12.5. The summed E-state index contributed by atoms with van der Waals surface area (Å²) in [6.45, 7) is 5.21. The second-order valence-corrected chi connectivity index (χ2v) is 6.04. The molecule has 1 heterocycles. The summed E-state index contributed by atoms with van der Waals surface area (Å²) in [7, 11) is 0. The topological polar surface area (TPSA) is 67.0 Å². The van der Waals surface area contributed by atoms with E-state index in [1.165, 1.54) is 0 Å². The van der Waals surface area contributed by atoms with Crippen molar-refractivity contribution in [3.63, 3.8) is 0 Å². The molecule has 0 aliphatic heterocycles. The number of hydrogen-bond donors (Lipinski definition) is 2. The normalized spacial score (nSPS) is 17.7. The van der Waals surface area contributed by atoms with Crippen molar-refractivity contribution in [1.29, 1.82) is 0 Å². The number of hydrogen-bond acceptors (Lipinski definition) is 5. The first kappa shape index (κ1) is 15.4. The fraction of sp³-hybridized carbons (Fsp3) is 0.714. The Bertz CT molecular complexity index is 420. The van der Waals surface area contributed by atoms with Crippen molar-refractivity contribution in [2.45, 2.75) is 43.8 Å². The number of aromatic amines is 1. The molecule has 1 aromatic rings. The summed E-state index contributed by atoms with van der Waals surface area (Å²) in [4.78, 5) is 19.8. The third kappa shape index (κ3) is 3.55. The molecular formula is C14H23N3O2S. The van der Waals surface area contributed by atoms with E-state index in [-0.39, 0.29) is 5.97 Å². The van der Waals surface area contributed by atoms with E-state index < -0.39 is 5.54 Å². The van der Waals surface area contributed by atoms with Crippen LogP contribution in [0.2, 0.25) is 0 Å². The third-order valence-electron chi connectivity index (χ3n) is 3.51. The first-order chi connectivity index (χ1) is 9.73. The number of rotatable bonds is 9. The Kier molecular flexibility index (Phi) is 5.48. The van der Waals surface area contributed by atoms with Crippen LogP contribution in [0.1, 0.15) is 33.1 Å². The lowest BCUT2D eigenvalue weighted by Crippen LogP contribution is -2.57. The van der Waals surface area contributed by atoms with E-state index in [1.54, 1.807) is 24.2 Å². The SMILES string of the molecule is CCCNC(CSc1ncc[nH]1)(C(=O)OCC)C1CC1. The highest BCUT2D eigenvalue weighted by molar-refractivity contribution is 7.99. The summed E-state index contributed by atoms with van der Waals surface area (Å²) in [6, 6.07) is 0. The van der Waals surface area contributed by atoms with Crippen LogP contribution in [0.5, 0.6) is 0 Å². The van der Waals surface area contributed by atoms with Crippen LogP contribution in [0.3, 0.4) is 0 Å². The van der Waals surface area contributed by atoms with Crippen LogP contribution in [-0.2, 0) is 9.53 Å². The molecule has 1 aliphatic carbocycles. The predicted octanol–water partition coefficient (Wildman–Crippen LogP) is 2.21. The summed E-state index contributed by atoms with van der Waals surface area (Å²) in [5.41, 5.74) is -0.566. The predicted molar refractivity (Wildman–Crippen MR) is 79.7 cm³/mol. The molecule has 5 nitrogen and oxygen atoms in total. The van der Waals surface area contributed by atoms with Crippen molar-refractivity contribution < 1.29 is 9.53 Å². The fourth-order valence-electron chi connectivity index (χ4n) is 2.31. The van der Waals surface area contributed by atoms with Gasteiger partial charge in [-0.1, -0.05) is 18.7 Å². The van der Waals surface area contributed by atoms with Gasteiger partial charge in [0.15, 0.2) is 5.16 Å². The molecule has 0 radical (unpaired) electrons. The quantitative estimate of drug-likeness (QED) is 0.540. The number of imidazole rings is 1. The number of thioether (sulfide) groups is 1. The van der Waals surface area contributed by atoms with Crippen LogP contribution in [-0.4, -0.2) is 40.4 Å². The molecule has 1 aromatic heterocycles. The first-order valence-electron chi connectivity index (χ1n) is 7.27. The highest BCUT2D eigenvalue weighted by Crippen LogP contribution is 2.43. The number of nitrogens with one attached hydrogen (secondary N) is 2. The van der Waals surface area contributed by atoms with Crippen molar-refractivity contribution >= 4 is 17.7 Å². The fourth-order valence-corrected chi connectivity index (χ4v) is 3.41. The van der Waals surface area contributed by atoms with E-state index in [4.69, 9.17) is 4.74 Å². The molecule has 2 rings (SSSR count). The van der Waals surface area contributed by atoms with Gasteiger partial charge in [-0.3, -0.25) is 4.79 Å². The number of nitrogens with zero attached hydrogens (tertiary/aromatic N) is 1. The van der Waals surface area contributed by atoms with E-state index in [1.807, 2.05) is 6.92 Å². The van der Waals surface area contributed by atoms with Crippen molar-refractivity contribution in [2.75, 3.05) is 18.9 Å². The summed E-state index contributed by atoms with van der Waals surface area (Å²) in [6.07, 6.45) is 6.71. The molecule has 1 atom stereocenters. The van der Waals surface area contributed by atoms with E-state index in [0.29, 0.717) is 18.3 Å². The molecule has 0 spiro atoms. The van der Waals surface area contributed by atoms with Gasteiger partial charge in [-0.05, 0) is 38.6 Å². The summed E-state index contributed by atoms with van der Waals surface area (Å²) >= 11 is 1.58. The Morgan fingerprint density at radius 2 is 2.40 bits per heavy atom. The number of esters is 1. The Morgan fingerprint density at radius 3 is 2.95 bits per heavy atom. The van der Waals surface area contributed by atoms with E-state index >= 15 is 0 Å². The van der Waals surface area contributed by atoms with Gasteiger partial charge >= 0.3 is 5.97 Å². The lowest BCUT2D eigenvalue weighted by Gasteiger charge is -2.32. The van der Waals surface area contributed by atoms with E-state index in [0.717, 1.165) is 31.0 Å². The van der Waals surface area contributed by atoms with Crippen LogP contribution in [0.25, 0.3) is 0 Å². The van der Waals surface area contributed by atoms with Gasteiger partial charge in [0.1, 0.15) is 5.54 Å². The molecule has 6 heteroatoms. The molecule has 1 fully saturated rings. The molecule has 0 aromatic carbocycles. The zero-order valence-electron chi connectivity index (χ0n) is 12.1. The molecule has 0 bridgehead atoms. The Labute approximate surface area is 124 Å². The van der Waals surface area contributed by atoms with E-state index in [2.05, 4.69) is 22.2 Å². The number of aromatic nitrogens is 2. The van der Waals surface area contributed by atoms with Gasteiger partial charge in [0.05, 0.1) is 6.61 Å². The van der Waals surface area contributed by atoms with Crippen LogP contribution in [0.4, 0.5) is 0 Å². The number of ether oxygens (including phenoxy) is 1. The molecule has 0 saturated heterocycles. The zero-order valence-corrected chi connectivity index (χ0v) is 13.0. The largest absolute Gasteiger partial charge is 0.465 e. The van der Waals surface area contributed by atoms with Gasteiger partial charge in [0, 0.05) is 18.1 Å². The van der Waals surface area contributed by atoms with Gasteiger partial charge in [-0.2, -0.15) is 0 Å². The average Bonchev–Trinajstić information content (AvgIpc) is 3.16. The van der Waals surface area contributed by atoms with Crippen molar-refractivity contribution in [1.82, 2.24) is 15.3 Å². The minimum absolute atomic E-state index is 0.116. The van der Waals surface area contributed by atoms with Crippen LogP contribution < -0.4 is 5.32 Å². The first-order valence-corrected chi connectivity index (χ1v) is 8.26. The van der Waals surface area contributed by atoms with Crippen LogP contribution in [0, 0.1) is 5.92 Å². The Hall–Kier alpha value is -1.01. The maximum Gasteiger partial charge on any atom is 0.327 e. The van der Waals surface area contributed by atoms with Crippen molar-refractivity contribution in [2.24, 2.45) is 5.92 Å². The number of carbonyl (C=O) groups is 1. The van der Waals surface area contributed by atoms with Gasteiger partial charge in [0.25, 0.3) is 0 Å². The summed E-state index contributed by atoms with van der Waals surface area (Å²) in [5.74, 6) is 0.926. The van der Waals surface area contributed by atoms with Crippen molar-refractivity contribution in [3.05, 3.63) is 12.4 Å². The molecule has 2 N–H and O–H groups in total. The Balaban J connectivity index is 2.09.